The van der Waals surface area contributed by atoms with E-state index in [2.05, 4.69) is 23.2 Å². The van der Waals surface area contributed by atoms with E-state index in [-0.39, 0.29) is 5.56 Å². The van der Waals surface area contributed by atoms with Crippen LogP contribution in [0.1, 0.15) is 47.7 Å². The van der Waals surface area contributed by atoms with Crippen LogP contribution in [-0.2, 0) is 19.4 Å². The molecule has 2 aliphatic rings. The second kappa shape index (κ2) is 4.99. The van der Waals surface area contributed by atoms with Crippen LogP contribution in [0.2, 0.25) is 5.15 Å². The molecule has 0 spiro atoms. The van der Waals surface area contributed by atoms with Crippen LogP contribution in [0.15, 0.2) is 29.1 Å². The summed E-state index contributed by atoms with van der Waals surface area (Å²) in [6.45, 7) is 0.599. The standard InChI is InChI=1S/C17H17ClN2O/c18-15-9-16(21)20(17(19-15)13-6-7-13)10-11-4-5-12-2-1-3-14(12)8-11/h4-5,8-9,13H,1-3,6-7,10H2. The van der Waals surface area contributed by atoms with Gasteiger partial charge in [-0.3, -0.25) is 9.36 Å². The predicted molar refractivity (Wildman–Crippen MR) is 83.1 cm³/mol. The van der Waals surface area contributed by atoms with Gasteiger partial charge in [0.05, 0.1) is 6.54 Å². The molecule has 0 aliphatic heterocycles. The van der Waals surface area contributed by atoms with E-state index in [1.54, 1.807) is 4.57 Å². The summed E-state index contributed by atoms with van der Waals surface area (Å²) in [5.74, 6) is 1.26. The van der Waals surface area contributed by atoms with Gasteiger partial charge in [0.1, 0.15) is 11.0 Å². The van der Waals surface area contributed by atoms with Crippen LogP contribution in [0.5, 0.6) is 0 Å². The van der Waals surface area contributed by atoms with Crippen molar-refractivity contribution in [2.24, 2.45) is 0 Å². The lowest BCUT2D eigenvalue weighted by Crippen LogP contribution is -2.24. The van der Waals surface area contributed by atoms with Crippen LogP contribution in [0.3, 0.4) is 0 Å². The molecule has 1 saturated carbocycles. The summed E-state index contributed by atoms with van der Waals surface area (Å²) in [5.41, 5.74) is 4.04. The maximum atomic E-state index is 12.3. The molecule has 0 atom stereocenters. The van der Waals surface area contributed by atoms with E-state index in [0.717, 1.165) is 25.1 Å². The molecule has 0 unspecified atom stereocenters. The Balaban J connectivity index is 1.72. The Morgan fingerprint density at radius 1 is 1.19 bits per heavy atom. The highest BCUT2D eigenvalue weighted by molar-refractivity contribution is 6.29. The van der Waals surface area contributed by atoms with Crippen LogP contribution in [0.4, 0.5) is 0 Å². The number of rotatable bonds is 3. The molecule has 1 aromatic heterocycles. The fourth-order valence-corrected chi connectivity index (χ4v) is 3.39. The Kier molecular flexibility index (Phi) is 3.11. The minimum atomic E-state index is -0.0441. The zero-order chi connectivity index (χ0) is 14.4. The number of aromatic nitrogens is 2. The smallest absolute Gasteiger partial charge is 0.255 e. The average molecular weight is 301 g/mol. The monoisotopic (exact) mass is 300 g/mol. The average Bonchev–Trinajstić information content (AvgIpc) is 3.19. The lowest BCUT2D eigenvalue weighted by Gasteiger charge is -2.12. The van der Waals surface area contributed by atoms with Gasteiger partial charge in [-0.25, -0.2) is 4.98 Å². The van der Waals surface area contributed by atoms with Crippen LogP contribution >= 0.6 is 11.6 Å². The van der Waals surface area contributed by atoms with Crippen molar-refractivity contribution in [2.75, 3.05) is 0 Å². The fourth-order valence-electron chi connectivity index (χ4n) is 3.21. The number of aryl methyl sites for hydroxylation is 2. The summed E-state index contributed by atoms with van der Waals surface area (Å²) in [4.78, 5) is 16.7. The van der Waals surface area contributed by atoms with Gasteiger partial charge in [-0.1, -0.05) is 29.8 Å². The van der Waals surface area contributed by atoms with E-state index < -0.39 is 0 Å². The Labute approximate surface area is 128 Å². The van der Waals surface area contributed by atoms with Gasteiger partial charge >= 0.3 is 0 Å². The first kappa shape index (κ1) is 13.1. The van der Waals surface area contributed by atoms with Gasteiger partial charge < -0.3 is 0 Å². The fraction of sp³-hybridized carbons (Fsp3) is 0.412. The van der Waals surface area contributed by atoms with Crippen molar-refractivity contribution < 1.29 is 0 Å². The van der Waals surface area contributed by atoms with Gasteiger partial charge in [0.2, 0.25) is 0 Å². The normalized spacial score (nSPS) is 17.0. The summed E-state index contributed by atoms with van der Waals surface area (Å²) in [6, 6.07) is 8.02. The molecule has 0 bridgehead atoms. The maximum absolute atomic E-state index is 12.3. The molecule has 3 nitrogen and oxygen atoms in total. The zero-order valence-electron chi connectivity index (χ0n) is 11.8. The number of hydrogen-bond acceptors (Lipinski definition) is 2. The van der Waals surface area contributed by atoms with Crippen molar-refractivity contribution in [1.29, 1.82) is 0 Å². The first-order valence-electron chi connectivity index (χ1n) is 7.58. The van der Waals surface area contributed by atoms with E-state index in [4.69, 9.17) is 11.6 Å². The first-order valence-corrected chi connectivity index (χ1v) is 7.96. The molecular formula is C17H17ClN2O. The summed E-state index contributed by atoms with van der Waals surface area (Å²) in [6.07, 6.45) is 5.81. The lowest BCUT2D eigenvalue weighted by atomic mass is 10.1. The number of fused-ring (bicyclic) bond motifs is 1. The summed E-state index contributed by atoms with van der Waals surface area (Å²) < 4.78 is 1.79. The first-order chi connectivity index (χ1) is 10.2. The Bertz CT molecular complexity index is 762. The predicted octanol–water partition coefficient (Wildman–Crippen LogP) is 3.31. The summed E-state index contributed by atoms with van der Waals surface area (Å²) in [7, 11) is 0. The highest BCUT2D eigenvalue weighted by Gasteiger charge is 2.29. The molecule has 2 aromatic rings. The zero-order valence-corrected chi connectivity index (χ0v) is 12.6. The highest BCUT2D eigenvalue weighted by atomic mass is 35.5. The summed E-state index contributed by atoms with van der Waals surface area (Å²) >= 11 is 5.95. The quantitative estimate of drug-likeness (QED) is 0.815. The van der Waals surface area contributed by atoms with Crippen molar-refractivity contribution in [1.82, 2.24) is 9.55 Å². The Hall–Kier alpha value is -1.61. The second-order valence-electron chi connectivity index (χ2n) is 6.09. The summed E-state index contributed by atoms with van der Waals surface area (Å²) in [5, 5.41) is 0.312. The largest absolute Gasteiger partial charge is 0.292 e. The van der Waals surface area contributed by atoms with Crippen molar-refractivity contribution in [2.45, 2.75) is 44.6 Å². The molecule has 0 amide bonds. The van der Waals surface area contributed by atoms with E-state index in [0.29, 0.717) is 17.6 Å². The molecule has 21 heavy (non-hydrogen) atoms. The van der Waals surface area contributed by atoms with Gasteiger partial charge in [-0.2, -0.15) is 0 Å². The van der Waals surface area contributed by atoms with Crippen molar-refractivity contribution in [3.63, 3.8) is 0 Å². The van der Waals surface area contributed by atoms with Gasteiger partial charge in [0.25, 0.3) is 5.56 Å². The molecule has 1 fully saturated rings. The van der Waals surface area contributed by atoms with E-state index >= 15 is 0 Å². The third-order valence-electron chi connectivity index (χ3n) is 4.45. The van der Waals surface area contributed by atoms with Crippen molar-refractivity contribution in [3.05, 3.63) is 62.3 Å². The number of hydrogen-bond donors (Lipinski definition) is 0. The maximum Gasteiger partial charge on any atom is 0.255 e. The van der Waals surface area contributed by atoms with Gasteiger partial charge in [-0.15, -0.1) is 0 Å². The van der Waals surface area contributed by atoms with Crippen LogP contribution in [0.25, 0.3) is 0 Å². The van der Waals surface area contributed by atoms with E-state index in [1.807, 2.05) is 0 Å². The minimum absolute atomic E-state index is 0.0441. The molecule has 0 N–H and O–H groups in total. The van der Waals surface area contributed by atoms with Gasteiger partial charge in [0, 0.05) is 12.0 Å². The number of benzene rings is 1. The molecule has 0 radical (unpaired) electrons. The Morgan fingerprint density at radius 3 is 2.81 bits per heavy atom. The number of halogens is 1. The van der Waals surface area contributed by atoms with Crippen LogP contribution in [0, 0.1) is 0 Å². The number of nitrogens with zero attached hydrogens (tertiary/aromatic N) is 2. The molecule has 1 heterocycles. The Morgan fingerprint density at radius 2 is 2.00 bits per heavy atom. The van der Waals surface area contributed by atoms with Crippen molar-refractivity contribution in [3.8, 4) is 0 Å². The highest BCUT2D eigenvalue weighted by Crippen LogP contribution is 2.39. The molecule has 1 aromatic carbocycles. The molecule has 0 saturated heterocycles. The van der Waals surface area contributed by atoms with Crippen LogP contribution < -0.4 is 5.56 Å². The third kappa shape index (κ3) is 2.51. The SMILES string of the molecule is O=c1cc(Cl)nc(C2CC2)n1Cc1ccc2c(c1)CCC2. The lowest BCUT2D eigenvalue weighted by molar-refractivity contribution is 0.669. The molecule has 108 valence electrons. The van der Waals surface area contributed by atoms with Crippen LogP contribution in [-0.4, -0.2) is 9.55 Å². The minimum Gasteiger partial charge on any atom is -0.292 e. The molecule has 4 rings (SSSR count). The molecule has 4 heteroatoms. The third-order valence-corrected chi connectivity index (χ3v) is 4.65. The molecule has 2 aliphatic carbocycles. The van der Waals surface area contributed by atoms with Crippen molar-refractivity contribution >= 4 is 11.6 Å². The molecular weight excluding hydrogens is 284 g/mol. The van der Waals surface area contributed by atoms with Gasteiger partial charge in [0.15, 0.2) is 0 Å². The van der Waals surface area contributed by atoms with Gasteiger partial charge in [-0.05, 0) is 48.8 Å². The topological polar surface area (TPSA) is 34.9 Å². The van der Waals surface area contributed by atoms with E-state index in [9.17, 15) is 4.79 Å². The van der Waals surface area contributed by atoms with E-state index in [1.165, 1.54) is 35.6 Å². The second-order valence-corrected chi connectivity index (χ2v) is 6.48.